The third-order valence-electron chi connectivity index (χ3n) is 5.14. The first kappa shape index (κ1) is 16.7. The molecule has 0 aliphatic carbocycles. The van der Waals surface area contributed by atoms with Crippen molar-refractivity contribution in [3.05, 3.63) is 65.7 Å². The Morgan fingerprint density at radius 3 is 2.89 bits per heavy atom. The van der Waals surface area contributed by atoms with E-state index in [9.17, 15) is 4.39 Å². The molecule has 28 heavy (non-hydrogen) atoms. The summed E-state index contributed by atoms with van der Waals surface area (Å²) in [7, 11) is 0. The molecule has 4 aromatic rings. The van der Waals surface area contributed by atoms with E-state index < -0.39 is 0 Å². The van der Waals surface area contributed by atoms with Gasteiger partial charge in [-0.25, -0.2) is 4.39 Å². The van der Waals surface area contributed by atoms with E-state index in [2.05, 4.69) is 20.4 Å². The Hall–Kier alpha value is -3.42. The summed E-state index contributed by atoms with van der Waals surface area (Å²) in [6.45, 7) is 3.43. The molecule has 1 saturated heterocycles. The third-order valence-corrected chi connectivity index (χ3v) is 5.14. The summed E-state index contributed by atoms with van der Waals surface area (Å²) < 4.78 is 16.1. The van der Waals surface area contributed by atoms with Crippen LogP contribution in [0.25, 0.3) is 5.65 Å². The predicted octanol–water partition coefficient (Wildman–Crippen LogP) is 3.64. The van der Waals surface area contributed by atoms with Gasteiger partial charge in [-0.1, -0.05) is 18.2 Å². The Bertz CT molecular complexity index is 1130. The SMILES string of the molecule is Cc1cc(Nc2nc(N3CCC(c4ccccc4F)C3)nc3cccn23)n[nH]1. The number of benzene rings is 1. The predicted molar refractivity (Wildman–Crippen MR) is 106 cm³/mol. The lowest BCUT2D eigenvalue weighted by Crippen LogP contribution is -2.23. The van der Waals surface area contributed by atoms with Crippen LogP contribution in [0.15, 0.2) is 48.7 Å². The fourth-order valence-corrected chi connectivity index (χ4v) is 3.75. The van der Waals surface area contributed by atoms with Crippen LogP contribution in [0.5, 0.6) is 0 Å². The molecule has 0 spiro atoms. The smallest absolute Gasteiger partial charge is 0.230 e. The Morgan fingerprint density at radius 2 is 2.07 bits per heavy atom. The van der Waals surface area contributed by atoms with Crippen LogP contribution in [0.1, 0.15) is 23.6 Å². The van der Waals surface area contributed by atoms with Gasteiger partial charge in [-0.2, -0.15) is 15.1 Å². The van der Waals surface area contributed by atoms with Gasteiger partial charge >= 0.3 is 0 Å². The highest BCUT2D eigenvalue weighted by Gasteiger charge is 2.28. The zero-order chi connectivity index (χ0) is 19.1. The van der Waals surface area contributed by atoms with Crippen molar-refractivity contribution >= 4 is 23.4 Å². The van der Waals surface area contributed by atoms with E-state index in [-0.39, 0.29) is 11.7 Å². The maximum absolute atomic E-state index is 14.2. The van der Waals surface area contributed by atoms with E-state index in [1.165, 1.54) is 6.07 Å². The number of aromatic nitrogens is 5. The number of hydrogen-bond acceptors (Lipinski definition) is 5. The molecule has 1 aromatic carbocycles. The monoisotopic (exact) mass is 377 g/mol. The van der Waals surface area contributed by atoms with Crippen LogP contribution in [0.2, 0.25) is 0 Å². The van der Waals surface area contributed by atoms with Gasteiger partial charge < -0.3 is 10.2 Å². The van der Waals surface area contributed by atoms with Crippen molar-refractivity contribution in [2.24, 2.45) is 0 Å². The van der Waals surface area contributed by atoms with Gasteiger partial charge in [0.15, 0.2) is 5.82 Å². The van der Waals surface area contributed by atoms with Gasteiger partial charge in [-0.3, -0.25) is 9.50 Å². The number of anilines is 3. The van der Waals surface area contributed by atoms with Crippen LogP contribution in [-0.4, -0.2) is 37.7 Å². The maximum atomic E-state index is 14.2. The highest BCUT2D eigenvalue weighted by Crippen LogP contribution is 2.31. The average molecular weight is 377 g/mol. The summed E-state index contributed by atoms with van der Waals surface area (Å²) >= 11 is 0. The van der Waals surface area contributed by atoms with Crippen LogP contribution >= 0.6 is 0 Å². The van der Waals surface area contributed by atoms with Gasteiger partial charge in [0.1, 0.15) is 11.5 Å². The van der Waals surface area contributed by atoms with Crippen molar-refractivity contribution in [1.29, 1.82) is 0 Å². The quantitative estimate of drug-likeness (QED) is 0.568. The molecule has 0 saturated carbocycles. The van der Waals surface area contributed by atoms with Crippen LogP contribution in [0.3, 0.4) is 0 Å². The van der Waals surface area contributed by atoms with Crippen molar-refractivity contribution in [2.75, 3.05) is 23.3 Å². The lowest BCUT2D eigenvalue weighted by atomic mass is 9.98. The number of aryl methyl sites for hydroxylation is 1. The number of nitrogens with zero attached hydrogens (tertiary/aromatic N) is 5. The van der Waals surface area contributed by atoms with Crippen LogP contribution in [-0.2, 0) is 0 Å². The molecular formula is C20H20FN7. The number of fused-ring (bicyclic) bond motifs is 1. The number of nitrogens with one attached hydrogen (secondary N) is 2. The van der Waals surface area contributed by atoms with E-state index in [1.807, 2.05) is 47.9 Å². The molecule has 5 rings (SSSR count). The number of hydrogen-bond donors (Lipinski definition) is 2. The average Bonchev–Trinajstić information content (AvgIpc) is 3.42. The molecule has 7 nitrogen and oxygen atoms in total. The Morgan fingerprint density at radius 1 is 1.18 bits per heavy atom. The first-order valence-electron chi connectivity index (χ1n) is 9.31. The Labute approximate surface area is 161 Å². The molecule has 1 fully saturated rings. The standard InChI is InChI=1S/C20H20FN7/c1-13-11-17(26-25-13)22-20-24-19(23-18-7-4-9-28(18)20)27-10-8-14(12-27)15-5-2-3-6-16(15)21/h2-7,9,11,14H,8,10,12H2,1H3,(H2,22,23,24,25,26). The zero-order valence-electron chi connectivity index (χ0n) is 15.4. The molecule has 1 aliphatic heterocycles. The van der Waals surface area contributed by atoms with Gasteiger partial charge in [0, 0.05) is 37.0 Å². The minimum atomic E-state index is -0.145. The normalized spacial score (nSPS) is 16.8. The lowest BCUT2D eigenvalue weighted by molar-refractivity contribution is 0.589. The number of H-pyrrole nitrogens is 1. The molecule has 2 N–H and O–H groups in total. The van der Waals surface area contributed by atoms with Gasteiger partial charge in [-0.05, 0) is 37.1 Å². The van der Waals surface area contributed by atoms with E-state index in [4.69, 9.17) is 9.97 Å². The van der Waals surface area contributed by atoms with E-state index in [0.717, 1.165) is 29.9 Å². The molecule has 142 valence electrons. The Kier molecular flexibility index (Phi) is 3.96. The van der Waals surface area contributed by atoms with Gasteiger partial charge in [0.05, 0.1) is 0 Å². The topological polar surface area (TPSA) is 74.1 Å². The second-order valence-corrected chi connectivity index (χ2v) is 7.10. The van der Waals surface area contributed by atoms with E-state index in [0.29, 0.717) is 24.3 Å². The minimum absolute atomic E-state index is 0.137. The first-order valence-corrected chi connectivity index (χ1v) is 9.31. The van der Waals surface area contributed by atoms with E-state index in [1.54, 1.807) is 6.07 Å². The molecule has 0 bridgehead atoms. The molecule has 0 radical (unpaired) electrons. The fraction of sp³-hybridized carbons (Fsp3) is 0.250. The Balaban J connectivity index is 1.45. The summed E-state index contributed by atoms with van der Waals surface area (Å²) in [5, 5.41) is 10.4. The third kappa shape index (κ3) is 2.96. The number of halogens is 1. The van der Waals surface area contributed by atoms with E-state index >= 15 is 0 Å². The summed E-state index contributed by atoms with van der Waals surface area (Å²) in [5.41, 5.74) is 2.53. The number of rotatable bonds is 4. The van der Waals surface area contributed by atoms with Gasteiger partial charge in [0.25, 0.3) is 0 Å². The molecule has 0 amide bonds. The highest BCUT2D eigenvalue weighted by atomic mass is 19.1. The molecule has 4 heterocycles. The van der Waals surface area contributed by atoms with Crippen LogP contribution in [0, 0.1) is 12.7 Å². The largest absolute Gasteiger partial charge is 0.340 e. The summed E-state index contributed by atoms with van der Waals surface area (Å²) in [6, 6.07) is 12.8. The van der Waals surface area contributed by atoms with Crippen molar-refractivity contribution < 1.29 is 4.39 Å². The second kappa shape index (κ2) is 6.63. The second-order valence-electron chi connectivity index (χ2n) is 7.10. The van der Waals surface area contributed by atoms with Crippen LogP contribution in [0.4, 0.5) is 22.1 Å². The van der Waals surface area contributed by atoms with Crippen molar-refractivity contribution in [3.8, 4) is 0 Å². The summed E-state index contributed by atoms with van der Waals surface area (Å²) in [6.07, 6.45) is 2.78. The van der Waals surface area contributed by atoms with Crippen molar-refractivity contribution in [2.45, 2.75) is 19.3 Å². The lowest BCUT2D eigenvalue weighted by Gasteiger charge is -2.18. The maximum Gasteiger partial charge on any atom is 0.230 e. The molecule has 1 unspecified atom stereocenters. The molecule has 1 aliphatic rings. The number of aromatic amines is 1. The van der Waals surface area contributed by atoms with Gasteiger partial charge in [-0.15, -0.1) is 0 Å². The summed E-state index contributed by atoms with van der Waals surface area (Å²) in [4.78, 5) is 11.5. The molecule has 8 heteroatoms. The van der Waals surface area contributed by atoms with Crippen molar-refractivity contribution in [1.82, 2.24) is 24.6 Å². The van der Waals surface area contributed by atoms with Crippen LogP contribution < -0.4 is 10.2 Å². The molecular weight excluding hydrogens is 357 g/mol. The molecule has 1 atom stereocenters. The molecule has 3 aromatic heterocycles. The van der Waals surface area contributed by atoms with Crippen molar-refractivity contribution in [3.63, 3.8) is 0 Å². The highest BCUT2D eigenvalue weighted by molar-refractivity contribution is 5.57. The zero-order valence-corrected chi connectivity index (χ0v) is 15.4. The minimum Gasteiger partial charge on any atom is -0.340 e. The fourth-order valence-electron chi connectivity index (χ4n) is 3.75. The first-order chi connectivity index (χ1) is 13.7. The summed E-state index contributed by atoms with van der Waals surface area (Å²) in [5.74, 6) is 1.97. The van der Waals surface area contributed by atoms with Gasteiger partial charge in [0.2, 0.25) is 11.9 Å².